The van der Waals surface area contributed by atoms with Crippen molar-refractivity contribution in [2.75, 3.05) is 6.54 Å². The number of nitriles is 1. The average Bonchev–Trinajstić information content (AvgIpc) is 2.66. The van der Waals surface area contributed by atoms with Crippen LogP contribution in [0, 0.1) is 17.2 Å². The monoisotopic (exact) mass is 355 g/mol. The van der Waals surface area contributed by atoms with E-state index in [0.29, 0.717) is 23.5 Å². The zero-order valence-electron chi connectivity index (χ0n) is 15.1. The predicted octanol–water partition coefficient (Wildman–Crippen LogP) is 2.60. The zero-order valence-corrected chi connectivity index (χ0v) is 15.1. The van der Waals surface area contributed by atoms with Crippen LogP contribution < -0.4 is 10.6 Å². The van der Waals surface area contributed by atoms with Crippen LogP contribution in [0.5, 0.6) is 0 Å². The van der Waals surface area contributed by atoms with Crippen LogP contribution in [0.15, 0.2) is 24.3 Å². The van der Waals surface area contributed by atoms with Gasteiger partial charge in [0.2, 0.25) is 5.91 Å². The summed E-state index contributed by atoms with van der Waals surface area (Å²) in [6, 6.07) is 7.65. The van der Waals surface area contributed by atoms with Gasteiger partial charge in [0.05, 0.1) is 6.07 Å². The van der Waals surface area contributed by atoms with Crippen molar-refractivity contribution < 1.29 is 14.4 Å². The van der Waals surface area contributed by atoms with E-state index >= 15 is 0 Å². The molecule has 1 saturated carbocycles. The summed E-state index contributed by atoms with van der Waals surface area (Å²) < 4.78 is 0. The maximum absolute atomic E-state index is 12.6. The number of rotatable bonds is 7. The Balaban J connectivity index is 2.09. The highest BCUT2D eigenvalue weighted by molar-refractivity contribution is 6.01. The minimum Gasteiger partial charge on any atom is -0.341 e. The van der Waals surface area contributed by atoms with Gasteiger partial charge in [-0.3, -0.25) is 14.4 Å². The minimum atomic E-state index is -0.681. The van der Waals surface area contributed by atoms with Crippen LogP contribution in [-0.2, 0) is 4.79 Å². The van der Waals surface area contributed by atoms with Gasteiger partial charge in [-0.1, -0.05) is 44.2 Å². The molecule has 0 heterocycles. The molecule has 0 spiro atoms. The molecule has 1 unspecified atom stereocenters. The number of amides is 2. The fraction of sp³-hybridized carbons (Fsp3) is 0.500. The van der Waals surface area contributed by atoms with Gasteiger partial charge >= 0.3 is 0 Å². The zero-order chi connectivity index (χ0) is 18.9. The SMILES string of the molecule is CC(=O)c1cccc(C(=O)NC(CC2CCCCC2)C(=O)NCC#N)c1. The smallest absolute Gasteiger partial charge is 0.251 e. The van der Waals surface area contributed by atoms with Gasteiger partial charge in [-0.2, -0.15) is 5.26 Å². The maximum Gasteiger partial charge on any atom is 0.251 e. The molecule has 6 heteroatoms. The molecule has 1 aromatic carbocycles. The number of carbonyl (C=O) groups excluding carboxylic acids is 3. The molecule has 2 N–H and O–H groups in total. The largest absolute Gasteiger partial charge is 0.341 e. The summed E-state index contributed by atoms with van der Waals surface area (Å²) in [5, 5.41) is 14.0. The van der Waals surface area contributed by atoms with Crippen molar-refractivity contribution in [1.29, 1.82) is 5.26 Å². The molecule has 6 nitrogen and oxygen atoms in total. The van der Waals surface area contributed by atoms with Gasteiger partial charge in [0.25, 0.3) is 5.91 Å². The number of carbonyl (C=O) groups is 3. The lowest BCUT2D eigenvalue weighted by atomic mass is 9.84. The van der Waals surface area contributed by atoms with E-state index in [0.717, 1.165) is 25.7 Å². The Morgan fingerprint density at radius 1 is 1.19 bits per heavy atom. The Kier molecular flexibility index (Phi) is 7.34. The van der Waals surface area contributed by atoms with Gasteiger partial charge in [-0.15, -0.1) is 0 Å². The van der Waals surface area contributed by atoms with E-state index < -0.39 is 6.04 Å². The summed E-state index contributed by atoms with van der Waals surface area (Å²) in [5.74, 6) is -0.454. The number of hydrogen-bond donors (Lipinski definition) is 2. The van der Waals surface area contributed by atoms with E-state index in [2.05, 4.69) is 10.6 Å². The Hall–Kier alpha value is -2.68. The van der Waals surface area contributed by atoms with Crippen LogP contribution in [0.2, 0.25) is 0 Å². The van der Waals surface area contributed by atoms with Crippen LogP contribution in [0.25, 0.3) is 0 Å². The lowest BCUT2D eigenvalue weighted by Crippen LogP contribution is -2.48. The van der Waals surface area contributed by atoms with Crippen molar-refractivity contribution >= 4 is 17.6 Å². The third-order valence-corrected chi connectivity index (χ3v) is 4.79. The number of ketones is 1. The van der Waals surface area contributed by atoms with Gasteiger partial charge in [0, 0.05) is 11.1 Å². The Bertz CT molecular complexity index is 702. The molecule has 0 saturated heterocycles. The maximum atomic E-state index is 12.6. The molecule has 0 aromatic heterocycles. The van der Waals surface area contributed by atoms with Crippen molar-refractivity contribution in [3.8, 4) is 6.07 Å². The van der Waals surface area contributed by atoms with Gasteiger partial charge in [-0.05, 0) is 31.4 Å². The Morgan fingerprint density at radius 2 is 1.88 bits per heavy atom. The van der Waals surface area contributed by atoms with E-state index in [9.17, 15) is 14.4 Å². The summed E-state index contributed by atoms with van der Waals surface area (Å²) >= 11 is 0. The standard InChI is InChI=1S/C20H25N3O3/c1-14(24)16-8-5-9-17(13-16)19(25)23-18(20(26)22-11-10-21)12-15-6-3-2-4-7-15/h5,8-9,13,15,18H,2-4,6-7,11-12H2,1H3,(H,22,26)(H,23,25). The van der Waals surface area contributed by atoms with Gasteiger partial charge in [0.1, 0.15) is 12.6 Å². The first-order chi connectivity index (χ1) is 12.5. The normalized spacial score (nSPS) is 15.5. The van der Waals surface area contributed by atoms with Gasteiger partial charge < -0.3 is 10.6 Å². The topological polar surface area (TPSA) is 99.1 Å². The molecule has 1 aliphatic carbocycles. The molecule has 0 bridgehead atoms. The molecule has 26 heavy (non-hydrogen) atoms. The molecule has 1 atom stereocenters. The molecule has 1 aliphatic rings. The first-order valence-electron chi connectivity index (χ1n) is 9.07. The van der Waals surface area contributed by atoms with Crippen molar-refractivity contribution in [2.45, 2.75) is 51.5 Å². The van der Waals surface area contributed by atoms with E-state index in [1.807, 2.05) is 6.07 Å². The molecule has 2 rings (SSSR count). The summed E-state index contributed by atoms with van der Waals surface area (Å²) in [6.07, 6.45) is 6.18. The molecular weight excluding hydrogens is 330 g/mol. The fourth-order valence-electron chi connectivity index (χ4n) is 3.36. The van der Waals surface area contributed by atoms with E-state index in [1.165, 1.54) is 19.4 Å². The Morgan fingerprint density at radius 3 is 2.54 bits per heavy atom. The van der Waals surface area contributed by atoms with Crippen LogP contribution in [0.3, 0.4) is 0 Å². The lowest BCUT2D eigenvalue weighted by molar-refractivity contribution is -0.123. The van der Waals surface area contributed by atoms with E-state index in [4.69, 9.17) is 5.26 Å². The van der Waals surface area contributed by atoms with Crippen LogP contribution in [0.1, 0.15) is 66.2 Å². The molecule has 1 aromatic rings. The quantitative estimate of drug-likeness (QED) is 0.580. The van der Waals surface area contributed by atoms with E-state index in [-0.39, 0.29) is 24.1 Å². The number of nitrogens with zero attached hydrogens (tertiary/aromatic N) is 1. The van der Waals surface area contributed by atoms with Crippen molar-refractivity contribution in [1.82, 2.24) is 10.6 Å². The van der Waals surface area contributed by atoms with Crippen molar-refractivity contribution in [3.63, 3.8) is 0 Å². The van der Waals surface area contributed by atoms with Crippen LogP contribution in [-0.4, -0.2) is 30.2 Å². The molecule has 1 fully saturated rings. The number of benzene rings is 1. The predicted molar refractivity (Wildman–Crippen MR) is 97.5 cm³/mol. The summed E-state index contributed by atoms with van der Waals surface area (Å²) in [6.45, 7) is 1.36. The molecular formula is C20H25N3O3. The first-order valence-corrected chi connectivity index (χ1v) is 9.07. The average molecular weight is 355 g/mol. The van der Waals surface area contributed by atoms with Crippen LogP contribution in [0.4, 0.5) is 0 Å². The second-order valence-electron chi connectivity index (χ2n) is 6.78. The number of nitrogens with one attached hydrogen (secondary N) is 2. The lowest BCUT2D eigenvalue weighted by Gasteiger charge is -2.26. The Labute approximate surface area is 154 Å². The summed E-state index contributed by atoms with van der Waals surface area (Å²) in [4.78, 5) is 36.5. The number of Topliss-reactive ketones (excluding diaryl/α,β-unsaturated/α-hetero) is 1. The highest BCUT2D eigenvalue weighted by Gasteiger charge is 2.26. The molecule has 138 valence electrons. The highest BCUT2D eigenvalue weighted by atomic mass is 16.2. The molecule has 0 radical (unpaired) electrons. The van der Waals surface area contributed by atoms with Crippen LogP contribution >= 0.6 is 0 Å². The number of hydrogen-bond acceptors (Lipinski definition) is 4. The highest BCUT2D eigenvalue weighted by Crippen LogP contribution is 2.27. The summed E-state index contributed by atoms with van der Waals surface area (Å²) in [5.41, 5.74) is 0.801. The van der Waals surface area contributed by atoms with Crippen molar-refractivity contribution in [2.24, 2.45) is 5.92 Å². The third-order valence-electron chi connectivity index (χ3n) is 4.79. The second-order valence-corrected chi connectivity index (χ2v) is 6.78. The molecule has 2 amide bonds. The second kappa shape index (κ2) is 9.71. The van der Waals surface area contributed by atoms with Gasteiger partial charge in [-0.25, -0.2) is 0 Å². The van der Waals surface area contributed by atoms with Gasteiger partial charge in [0.15, 0.2) is 5.78 Å². The fourth-order valence-corrected chi connectivity index (χ4v) is 3.36. The molecule has 0 aliphatic heterocycles. The van der Waals surface area contributed by atoms with E-state index in [1.54, 1.807) is 18.2 Å². The van der Waals surface area contributed by atoms with Crippen molar-refractivity contribution in [3.05, 3.63) is 35.4 Å². The summed E-state index contributed by atoms with van der Waals surface area (Å²) in [7, 11) is 0. The minimum absolute atomic E-state index is 0.0876. The third kappa shape index (κ3) is 5.69. The first kappa shape index (κ1) is 19.6.